The first-order valence-corrected chi connectivity index (χ1v) is 7.91. The minimum absolute atomic E-state index is 0.0574. The van der Waals surface area contributed by atoms with Gasteiger partial charge in [0.05, 0.1) is 6.26 Å². The van der Waals surface area contributed by atoms with Gasteiger partial charge in [-0.05, 0) is 13.0 Å². The summed E-state index contributed by atoms with van der Waals surface area (Å²) in [5.74, 6) is -0.776. The van der Waals surface area contributed by atoms with E-state index in [9.17, 15) is 13.2 Å². The number of carboxylic acid groups (broad SMARTS) is 1. The summed E-state index contributed by atoms with van der Waals surface area (Å²) in [4.78, 5) is 21.0. The fourth-order valence-electron chi connectivity index (χ4n) is 2.02. The fraction of sp³-hybridized carbons (Fsp3) is 0.545. The van der Waals surface area contributed by atoms with Crippen molar-refractivity contribution in [2.24, 2.45) is 0 Å². The highest BCUT2D eigenvalue weighted by Crippen LogP contribution is 2.14. The van der Waals surface area contributed by atoms with E-state index in [1.54, 1.807) is 11.8 Å². The van der Waals surface area contributed by atoms with Crippen molar-refractivity contribution >= 4 is 21.9 Å². The molecule has 0 radical (unpaired) electrons. The topological polar surface area (TPSA) is 104 Å². The van der Waals surface area contributed by atoms with E-state index in [0.717, 1.165) is 0 Å². The lowest BCUT2D eigenvalue weighted by molar-refractivity contribution is 0.0690. The molecule has 1 aliphatic rings. The zero-order valence-electron chi connectivity index (χ0n) is 11.3. The average molecular weight is 300 g/mol. The van der Waals surface area contributed by atoms with E-state index in [4.69, 9.17) is 5.11 Å². The maximum Gasteiger partial charge on any atom is 0.354 e. The van der Waals surface area contributed by atoms with Crippen LogP contribution in [0.25, 0.3) is 0 Å². The molecule has 2 heterocycles. The first kappa shape index (κ1) is 14.7. The van der Waals surface area contributed by atoms with Gasteiger partial charge in [-0.1, -0.05) is 0 Å². The number of anilines is 1. The fourth-order valence-corrected chi connectivity index (χ4v) is 2.85. The van der Waals surface area contributed by atoms with Crippen molar-refractivity contribution in [1.29, 1.82) is 0 Å². The molecule has 0 aliphatic carbocycles. The number of piperazine rings is 1. The number of hydrogen-bond acceptors (Lipinski definition) is 6. The highest BCUT2D eigenvalue weighted by molar-refractivity contribution is 7.88. The second-order valence-corrected chi connectivity index (χ2v) is 6.63. The highest BCUT2D eigenvalue weighted by atomic mass is 32.2. The van der Waals surface area contributed by atoms with Crippen molar-refractivity contribution in [1.82, 2.24) is 14.3 Å². The summed E-state index contributed by atoms with van der Waals surface area (Å²) in [6, 6.07) is 1.40. The smallest absolute Gasteiger partial charge is 0.354 e. The molecule has 1 aliphatic heterocycles. The van der Waals surface area contributed by atoms with E-state index in [0.29, 0.717) is 37.8 Å². The quantitative estimate of drug-likeness (QED) is 0.807. The van der Waals surface area contributed by atoms with Crippen LogP contribution in [0.1, 0.15) is 16.2 Å². The van der Waals surface area contributed by atoms with Gasteiger partial charge in [0, 0.05) is 31.9 Å². The van der Waals surface area contributed by atoms with Gasteiger partial charge in [0.2, 0.25) is 16.0 Å². The number of hydrogen-bond donors (Lipinski definition) is 1. The van der Waals surface area contributed by atoms with Crippen LogP contribution in [0.5, 0.6) is 0 Å². The van der Waals surface area contributed by atoms with E-state index in [1.807, 2.05) is 0 Å². The Balaban J connectivity index is 2.17. The maximum absolute atomic E-state index is 11.4. The first-order valence-electron chi connectivity index (χ1n) is 6.06. The Morgan fingerprint density at radius 2 is 1.85 bits per heavy atom. The SMILES string of the molecule is Cc1cc(C(=O)O)nc(N2CCN(S(C)(=O)=O)CC2)n1. The molecule has 110 valence electrons. The number of carboxylic acids is 1. The first-order chi connectivity index (χ1) is 9.27. The highest BCUT2D eigenvalue weighted by Gasteiger charge is 2.25. The maximum atomic E-state index is 11.4. The molecule has 2 rings (SSSR count). The van der Waals surface area contributed by atoms with Crippen LogP contribution in [0, 0.1) is 6.92 Å². The van der Waals surface area contributed by atoms with Gasteiger partial charge in [-0.25, -0.2) is 23.2 Å². The zero-order valence-corrected chi connectivity index (χ0v) is 12.1. The predicted molar refractivity (Wildman–Crippen MR) is 72.4 cm³/mol. The molecule has 1 aromatic heterocycles. The zero-order chi connectivity index (χ0) is 14.9. The van der Waals surface area contributed by atoms with Crippen LogP contribution in [0.15, 0.2) is 6.07 Å². The minimum Gasteiger partial charge on any atom is -0.477 e. The largest absolute Gasteiger partial charge is 0.477 e. The molecule has 0 spiro atoms. The Morgan fingerprint density at radius 1 is 1.25 bits per heavy atom. The van der Waals surface area contributed by atoms with Gasteiger partial charge in [-0.3, -0.25) is 0 Å². The van der Waals surface area contributed by atoms with Crippen molar-refractivity contribution in [2.75, 3.05) is 37.3 Å². The number of nitrogens with zero attached hydrogens (tertiary/aromatic N) is 4. The standard InChI is InChI=1S/C11H16N4O4S/c1-8-7-9(10(16)17)13-11(12-8)14-3-5-15(6-4-14)20(2,18)19/h7H,3-6H2,1-2H3,(H,16,17). The van der Waals surface area contributed by atoms with Crippen LogP contribution >= 0.6 is 0 Å². The molecule has 1 fully saturated rings. The Labute approximate surface area is 117 Å². The average Bonchev–Trinajstić information content (AvgIpc) is 2.37. The third kappa shape index (κ3) is 3.23. The van der Waals surface area contributed by atoms with E-state index < -0.39 is 16.0 Å². The summed E-state index contributed by atoms with van der Waals surface area (Å²) in [5, 5.41) is 8.98. The van der Waals surface area contributed by atoms with Crippen molar-refractivity contribution in [3.63, 3.8) is 0 Å². The van der Waals surface area contributed by atoms with Gasteiger partial charge in [-0.15, -0.1) is 0 Å². The molecule has 0 bridgehead atoms. The van der Waals surface area contributed by atoms with E-state index in [2.05, 4.69) is 9.97 Å². The van der Waals surface area contributed by atoms with Crippen LogP contribution in [-0.2, 0) is 10.0 Å². The third-order valence-corrected chi connectivity index (χ3v) is 4.36. The molecule has 0 aromatic carbocycles. The molecule has 20 heavy (non-hydrogen) atoms. The summed E-state index contributed by atoms with van der Waals surface area (Å²) < 4.78 is 24.2. The number of aromatic carboxylic acids is 1. The molecular formula is C11H16N4O4S. The molecule has 1 N–H and O–H groups in total. The normalized spacial score (nSPS) is 17.2. The summed E-state index contributed by atoms with van der Waals surface area (Å²) in [6.07, 6.45) is 1.17. The summed E-state index contributed by atoms with van der Waals surface area (Å²) in [5.41, 5.74) is 0.510. The number of rotatable bonds is 3. The Bertz CT molecular complexity index is 623. The lowest BCUT2D eigenvalue weighted by Crippen LogP contribution is -2.49. The molecule has 0 unspecified atom stereocenters. The second-order valence-electron chi connectivity index (χ2n) is 4.65. The van der Waals surface area contributed by atoms with Crippen LogP contribution < -0.4 is 4.90 Å². The molecule has 0 atom stereocenters. The van der Waals surface area contributed by atoms with Gasteiger partial charge in [0.1, 0.15) is 0 Å². The van der Waals surface area contributed by atoms with E-state index >= 15 is 0 Å². The van der Waals surface area contributed by atoms with Gasteiger partial charge in [0.15, 0.2) is 5.69 Å². The monoisotopic (exact) mass is 300 g/mol. The molecule has 1 aromatic rings. The van der Waals surface area contributed by atoms with Crippen molar-refractivity contribution in [3.8, 4) is 0 Å². The summed E-state index contributed by atoms with van der Waals surface area (Å²) >= 11 is 0. The lowest BCUT2D eigenvalue weighted by atomic mass is 10.3. The lowest BCUT2D eigenvalue weighted by Gasteiger charge is -2.33. The van der Waals surface area contributed by atoms with Crippen molar-refractivity contribution in [3.05, 3.63) is 17.5 Å². The van der Waals surface area contributed by atoms with Gasteiger partial charge in [0.25, 0.3) is 0 Å². The molecule has 9 heteroatoms. The molecule has 0 amide bonds. The van der Waals surface area contributed by atoms with Crippen LogP contribution in [0.4, 0.5) is 5.95 Å². The van der Waals surface area contributed by atoms with Crippen LogP contribution in [0.2, 0.25) is 0 Å². The van der Waals surface area contributed by atoms with E-state index in [1.165, 1.54) is 16.6 Å². The molecule has 0 saturated carbocycles. The summed E-state index contributed by atoms with van der Waals surface area (Å²) in [6.45, 7) is 3.27. The Morgan fingerprint density at radius 3 is 2.35 bits per heavy atom. The Kier molecular flexibility index (Phi) is 3.91. The minimum atomic E-state index is -3.19. The van der Waals surface area contributed by atoms with E-state index in [-0.39, 0.29) is 5.69 Å². The number of aromatic nitrogens is 2. The molecule has 1 saturated heterocycles. The molecule has 8 nitrogen and oxygen atoms in total. The van der Waals surface area contributed by atoms with Crippen molar-refractivity contribution in [2.45, 2.75) is 6.92 Å². The number of carbonyl (C=O) groups is 1. The van der Waals surface area contributed by atoms with Crippen LogP contribution in [0.3, 0.4) is 0 Å². The number of sulfonamides is 1. The van der Waals surface area contributed by atoms with Gasteiger partial charge in [-0.2, -0.15) is 4.31 Å². The van der Waals surface area contributed by atoms with Gasteiger partial charge < -0.3 is 10.0 Å². The third-order valence-electron chi connectivity index (χ3n) is 3.05. The molecular weight excluding hydrogens is 284 g/mol. The second kappa shape index (κ2) is 5.33. The Hall–Kier alpha value is -1.74. The van der Waals surface area contributed by atoms with Crippen LogP contribution in [-0.4, -0.2) is 66.2 Å². The summed E-state index contributed by atoms with van der Waals surface area (Å²) in [7, 11) is -3.19. The van der Waals surface area contributed by atoms with Gasteiger partial charge >= 0.3 is 5.97 Å². The predicted octanol–water partition coefficient (Wildman–Crippen LogP) is -0.435. The number of aryl methyl sites for hydroxylation is 1. The van der Waals surface area contributed by atoms with Crippen molar-refractivity contribution < 1.29 is 18.3 Å².